The number of amides is 1. The van der Waals surface area contributed by atoms with E-state index >= 15 is 0 Å². The fourth-order valence-corrected chi connectivity index (χ4v) is 4.59. The molecule has 1 fully saturated rings. The first-order chi connectivity index (χ1) is 15.1. The second-order valence-corrected chi connectivity index (χ2v) is 8.45. The SMILES string of the molecule is COCCn1c(C(=O)NCCCN2CCOCC2)cc2c1c1ccccc1n2C(C)C. The van der Waals surface area contributed by atoms with Crippen molar-refractivity contribution >= 4 is 27.8 Å². The normalized spacial score (nSPS) is 15.4. The Bertz CT molecular complexity index is 1030. The Morgan fingerprint density at radius 1 is 1.16 bits per heavy atom. The second kappa shape index (κ2) is 9.85. The minimum atomic E-state index is -0.0198. The van der Waals surface area contributed by atoms with Crippen LogP contribution in [0.1, 0.15) is 36.8 Å². The number of methoxy groups -OCH3 is 1. The van der Waals surface area contributed by atoms with E-state index in [4.69, 9.17) is 9.47 Å². The molecule has 31 heavy (non-hydrogen) atoms. The summed E-state index contributed by atoms with van der Waals surface area (Å²) in [5, 5.41) is 4.31. The monoisotopic (exact) mass is 426 g/mol. The highest BCUT2D eigenvalue weighted by Gasteiger charge is 2.22. The maximum atomic E-state index is 13.1. The summed E-state index contributed by atoms with van der Waals surface area (Å²) < 4.78 is 15.2. The Morgan fingerprint density at radius 2 is 1.94 bits per heavy atom. The molecule has 1 aliphatic rings. The summed E-state index contributed by atoms with van der Waals surface area (Å²) in [6, 6.07) is 10.8. The number of nitrogens with zero attached hydrogens (tertiary/aromatic N) is 3. The summed E-state index contributed by atoms with van der Waals surface area (Å²) in [5.41, 5.74) is 4.12. The Morgan fingerprint density at radius 3 is 2.68 bits per heavy atom. The van der Waals surface area contributed by atoms with Gasteiger partial charge >= 0.3 is 0 Å². The second-order valence-electron chi connectivity index (χ2n) is 8.45. The zero-order chi connectivity index (χ0) is 21.8. The summed E-state index contributed by atoms with van der Waals surface area (Å²) in [6.07, 6.45) is 0.936. The molecule has 2 aromatic heterocycles. The first kappa shape index (κ1) is 21.9. The van der Waals surface area contributed by atoms with Gasteiger partial charge < -0.3 is 23.9 Å². The zero-order valence-electron chi connectivity index (χ0n) is 18.9. The predicted molar refractivity (Wildman–Crippen MR) is 124 cm³/mol. The fourth-order valence-electron chi connectivity index (χ4n) is 4.59. The molecule has 168 valence electrons. The van der Waals surface area contributed by atoms with E-state index in [-0.39, 0.29) is 5.91 Å². The number of carbonyl (C=O) groups is 1. The number of fused-ring (bicyclic) bond motifs is 3. The van der Waals surface area contributed by atoms with E-state index in [0.29, 0.717) is 31.4 Å². The number of morpholine rings is 1. The average molecular weight is 427 g/mol. The Labute approximate surface area is 183 Å². The predicted octanol–water partition coefficient (Wildman–Crippen LogP) is 3.28. The molecule has 1 aromatic carbocycles. The van der Waals surface area contributed by atoms with Crippen LogP contribution in [0.3, 0.4) is 0 Å². The minimum absolute atomic E-state index is 0.0198. The van der Waals surface area contributed by atoms with Crippen LogP contribution in [-0.2, 0) is 16.0 Å². The summed E-state index contributed by atoms with van der Waals surface area (Å²) in [7, 11) is 1.70. The molecule has 0 aliphatic carbocycles. The molecule has 0 bridgehead atoms. The van der Waals surface area contributed by atoms with Crippen LogP contribution in [0, 0.1) is 0 Å². The van der Waals surface area contributed by atoms with Crippen molar-refractivity contribution in [2.24, 2.45) is 0 Å². The lowest BCUT2D eigenvalue weighted by Crippen LogP contribution is -2.38. The van der Waals surface area contributed by atoms with E-state index in [9.17, 15) is 4.79 Å². The van der Waals surface area contributed by atoms with Crippen molar-refractivity contribution in [2.45, 2.75) is 32.9 Å². The molecular formula is C24H34N4O3. The third-order valence-corrected chi connectivity index (χ3v) is 6.06. The van der Waals surface area contributed by atoms with Crippen molar-refractivity contribution in [3.05, 3.63) is 36.0 Å². The molecular weight excluding hydrogens is 392 g/mol. The molecule has 3 heterocycles. The third-order valence-electron chi connectivity index (χ3n) is 6.06. The van der Waals surface area contributed by atoms with Crippen molar-refractivity contribution in [3.8, 4) is 0 Å². The molecule has 1 amide bonds. The molecule has 0 radical (unpaired) electrons. The molecule has 0 unspecified atom stereocenters. The topological polar surface area (TPSA) is 60.7 Å². The van der Waals surface area contributed by atoms with Crippen LogP contribution in [-0.4, -0.2) is 73.1 Å². The molecule has 4 rings (SSSR count). The Balaban J connectivity index is 1.58. The lowest BCUT2D eigenvalue weighted by molar-refractivity contribution is 0.0374. The number of aromatic nitrogens is 2. The van der Waals surface area contributed by atoms with E-state index < -0.39 is 0 Å². The van der Waals surface area contributed by atoms with Gasteiger partial charge in [-0.25, -0.2) is 0 Å². The van der Waals surface area contributed by atoms with Crippen LogP contribution in [0.25, 0.3) is 21.9 Å². The van der Waals surface area contributed by atoms with Crippen LogP contribution in [0.2, 0.25) is 0 Å². The molecule has 7 heteroatoms. The fraction of sp³-hybridized carbons (Fsp3) is 0.542. The van der Waals surface area contributed by atoms with Crippen molar-refractivity contribution in [1.29, 1.82) is 0 Å². The highest BCUT2D eigenvalue weighted by molar-refractivity contribution is 6.10. The van der Waals surface area contributed by atoms with E-state index in [1.54, 1.807) is 7.11 Å². The third kappa shape index (κ3) is 4.49. The molecule has 3 aromatic rings. The van der Waals surface area contributed by atoms with Gasteiger partial charge in [0.15, 0.2) is 0 Å². The summed E-state index contributed by atoms with van der Waals surface area (Å²) >= 11 is 0. The van der Waals surface area contributed by atoms with E-state index in [1.165, 1.54) is 10.9 Å². The minimum Gasteiger partial charge on any atom is -0.383 e. The van der Waals surface area contributed by atoms with Gasteiger partial charge in [-0.05, 0) is 38.9 Å². The van der Waals surface area contributed by atoms with Crippen molar-refractivity contribution < 1.29 is 14.3 Å². The van der Waals surface area contributed by atoms with Gasteiger partial charge in [-0.1, -0.05) is 18.2 Å². The largest absolute Gasteiger partial charge is 0.383 e. The first-order valence-corrected chi connectivity index (χ1v) is 11.3. The van der Waals surface area contributed by atoms with Crippen molar-refractivity contribution in [1.82, 2.24) is 19.4 Å². The van der Waals surface area contributed by atoms with Gasteiger partial charge in [-0.3, -0.25) is 9.69 Å². The number of carbonyl (C=O) groups excluding carboxylic acids is 1. The number of rotatable bonds is 9. The van der Waals surface area contributed by atoms with Gasteiger partial charge in [-0.15, -0.1) is 0 Å². The standard InChI is InChI=1S/C24H34N4O3/c1-18(2)28-20-8-5-4-7-19(20)23-21(28)17-22(27(23)13-14-30-3)24(29)25-9-6-10-26-11-15-31-16-12-26/h4-5,7-8,17-18H,6,9-16H2,1-3H3,(H,25,29). The molecule has 1 saturated heterocycles. The molecule has 7 nitrogen and oxygen atoms in total. The van der Waals surface area contributed by atoms with Crippen LogP contribution in [0.15, 0.2) is 30.3 Å². The zero-order valence-corrected chi connectivity index (χ0v) is 18.9. The van der Waals surface area contributed by atoms with Crippen molar-refractivity contribution in [3.63, 3.8) is 0 Å². The molecule has 0 saturated carbocycles. The number of para-hydroxylation sites is 1. The van der Waals surface area contributed by atoms with Gasteiger partial charge in [0.1, 0.15) is 5.69 Å². The van der Waals surface area contributed by atoms with Crippen LogP contribution in [0.5, 0.6) is 0 Å². The van der Waals surface area contributed by atoms with Gasteiger partial charge in [0, 0.05) is 44.7 Å². The number of benzene rings is 1. The lowest BCUT2D eigenvalue weighted by Gasteiger charge is -2.26. The highest BCUT2D eigenvalue weighted by atomic mass is 16.5. The average Bonchev–Trinajstić information content (AvgIpc) is 3.30. The van der Waals surface area contributed by atoms with Crippen LogP contribution < -0.4 is 5.32 Å². The Hall–Kier alpha value is -2.35. The van der Waals surface area contributed by atoms with Gasteiger partial charge in [-0.2, -0.15) is 0 Å². The van der Waals surface area contributed by atoms with E-state index in [1.807, 2.05) is 6.07 Å². The van der Waals surface area contributed by atoms with Crippen LogP contribution in [0.4, 0.5) is 0 Å². The number of hydrogen-bond acceptors (Lipinski definition) is 4. The molecule has 1 aliphatic heterocycles. The Kier molecular flexibility index (Phi) is 6.95. The number of hydrogen-bond donors (Lipinski definition) is 1. The van der Waals surface area contributed by atoms with Crippen molar-refractivity contribution in [2.75, 3.05) is 53.1 Å². The maximum absolute atomic E-state index is 13.1. The molecule has 0 atom stereocenters. The van der Waals surface area contributed by atoms with Gasteiger partial charge in [0.25, 0.3) is 5.91 Å². The number of nitrogens with one attached hydrogen (secondary N) is 1. The van der Waals surface area contributed by atoms with E-state index in [2.05, 4.69) is 57.5 Å². The van der Waals surface area contributed by atoms with Gasteiger partial charge in [0.05, 0.1) is 36.4 Å². The van der Waals surface area contributed by atoms with Crippen LogP contribution >= 0.6 is 0 Å². The summed E-state index contributed by atoms with van der Waals surface area (Å²) in [4.78, 5) is 15.5. The smallest absolute Gasteiger partial charge is 0.268 e. The summed E-state index contributed by atoms with van der Waals surface area (Å²) in [6.45, 7) is 10.8. The van der Waals surface area contributed by atoms with Gasteiger partial charge in [0.2, 0.25) is 0 Å². The number of ether oxygens (including phenoxy) is 2. The molecule has 0 spiro atoms. The maximum Gasteiger partial charge on any atom is 0.268 e. The van der Waals surface area contributed by atoms with E-state index in [0.717, 1.165) is 50.3 Å². The molecule has 1 N–H and O–H groups in total. The summed E-state index contributed by atoms with van der Waals surface area (Å²) in [5.74, 6) is -0.0198. The lowest BCUT2D eigenvalue weighted by atomic mass is 10.2. The quantitative estimate of drug-likeness (QED) is 0.534. The first-order valence-electron chi connectivity index (χ1n) is 11.3. The highest BCUT2D eigenvalue weighted by Crippen LogP contribution is 2.34.